The molecule has 0 fully saturated rings. The normalized spacial score (nSPS) is 10.5. The third-order valence-electron chi connectivity index (χ3n) is 2.44. The van der Waals surface area contributed by atoms with Crippen molar-refractivity contribution in [1.82, 2.24) is 5.32 Å². The van der Waals surface area contributed by atoms with Gasteiger partial charge in [-0.1, -0.05) is 0 Å². The quantitative estimate of drug-likeness (QED) is 0.837. The van der Waals surface area contributed by atoms with Crippen LogP contribution in [-0.4, -0.2) is 5.91 Å². The number of anilines is 1. The summed E-state index contributed by atoms with van der Waals surface area (Å²) in [5.41, 5.74) is 4.45. The van der Waals surface area contributed by atoms with E-state index in [0.29, 0.717) is 0 Å². The summed E-state index contributed by atoms with van der Waals surface area (Å²) in [6, 6.07) is 3.68. The summed E-state index contributed by atoms with van der Waals surface area (Å²) in [5.74, 6) is -2.44. The van der Waals surface area contributed by atoms with Gasteiger partial charge < -0.3 is 11.1 Å². The van der Waals surface area contributed by atoms with Crippen LogP contribution < -0.4 is 11.1 Å². The lowest BCUT2D eigenvalue weighted by atomic mass is 10.1. The Morgan fingerprint density at radius 2 is 2.00 bits per heavy atom. The number of rotatable bonds is 3. The van der Waals surface area contributed by atoms with Crippen molar-refractivity contribution in [2.45, 2.75) is 6.54 Å². The van der Waals surface area contributed by atoms with Crippen molar-refractivity contribution >= 4 is 38.9 Å². The van der Waals surface area contributed by atoms with Crippen LogP contribution in [0.4, 0.5) is 14.5 Å². The van der Waals surface area contributed by atoms with Gasteiger partial charge in [-0.05, 0) is 39.5 Å². The smallest absolute Gasteiger partial charge is 0.251 e. The molecule has 0 radical (unpaired) electrons. The first kappa shape index (κ1) is 14.0. The summed E-state index contributed by atoms with van der Waals surface area (Å²) >= 11 is 4.79. The highest BCUT2D eigenvalue weighted by atomic mass is 79.9. The van der Waals surface area contributed by atoms with E-state index in [-0.39, 0.29) is 12.1 Å². The van der Waals surface area contributed by atoms with Crippen LogP contribution in [0.3, 0.4) is 0 Å². The first-order valence-electron chi connectivity index (χ1n) is 5.23. The summed E-state index contributed by atoms with van der Waals surface area (Å²) < 4.78 is 27.3. The molecule has 0 atom stereocenters. The Labute approximate surface area is 120 Å². The van der Waals surface area contributed by atoms with Gasteiger partial charge in [-0.15, -0.1) is 11.3 Å². The monoisotopic (exact) mass is 346 g/mol. The Hall–Kier alpha value is -1.47. The zero-order chi connectivity index (χ0) is 14.0. The van der Waals surface area contributed by atoms with Gasteiger partial charge in [-0.25, -0.2) is 8.78 Å². The molecule has 0 aliphatic heterocycles. The van der Waals surface area contributed by atoms with Crippen molar-refractivity contribution in [1.29, 1.82) is 0 Å². The largest absolute Gasteiger partial charge is 0.394 e. The Bertz CT molecular complexity index is 607. The van der Waals surface area contributed by atoms with E-state index in [4.69, 9.17) is 5.73 Å². The van der Waals surface area contributed by atoms with Gasteiger partial charge in [0.15, 0.2) is 0 Å². The third kappa shape index (κ3) is 3.10. The maximum absolute atomic E-state index is 13.2. The minimum absolute atomic E-state index is 0.100. The molecular weight excluding hydrogens is 338 g/mol. The molecular formula is C12H9BrF2N2OS. The van der Waals surface area contributed by atoms with Crippen molar-refractivity contribution in [3.8, 4) is 0 Å². The number of hydrogen-bond acceptors (Lipinski definition) is 3. The standard InChI is InChI=1S/C12H9BrF2N2OS/c13-7-1-2-19-10(7)5-17-12(18)6-3-8(14)11(16)9(15)4-6/h1-4H,5,16H2,(H,17,18). The van der Waals surface area contributed by atoms with Gasteiger partial charge in [0, 0.05) is 14.9 Å². The third-order valence-corrected chi connectivity index (χ3v) is 4.37. The number of thiophene rings is 1. The van der Waals surface area contributed by atoms with E-state index in [2.05, 4.69) is 21.2 Å². The van der Waals surface area contributed by atoms with Crippen LogP contribution in [0.1, 0.15) is 15.2 Å². The predicted molar refractivity (Wildman–Crippen MR) is 74.0 cm³/mol. The molecule has 0 spiro atoms. The fourth-order valence-corrected chi connectivity index (χ4v) is 2.86. The molecule has 3 nitrogen and oxygen atoms in total. The van der Waals surface area contributed by atoms with Crippen LogP contribution in [0, 0.1) is 11.6 Å². The summed E-state index contributed by atoms with van der Waals surface area (Å²) in [6.45, 7) is 0.282. The maximum Gasteiger partial charge on any atom is 0.251 e. The van der Waals surface area contributed by atoms with Gasteiger partial charge >= 0.3 is 0 Å². The van der Waals surface area contributed by atoms with Crippen LogP contribution in [0.25, 0.3) is 0 Å². The molecule has 1 aromatic heterocycles. The van der Waals surface area contributed by atoms with E-state index in [9.17, 15) is 13.6 Å². The first-order valence-corrected chi connectivity index (χ1v) is 6.91. The van der Waals surface area contributed by atoms with E-state index in [0.717, 1.165) is 21.5 Å². The second kappa shape index (κ2) is 5.66. The molecule has 0 aliphatic rings. The van der Waals surface area contributed by atoms with Crippen LogP contribution in [0.15, 0.2) is 28.1 Å². The molecule has 19 heavy (non-hydrogen) atoms. The minimum Gasteiger partial charge on any atom is -0.394 e. The number of amides is 1. The minimum atomic E-state index is -0.942. The van der Waals surface area contributed by atoms with Gasteiger partial charge in [0.1, 0.15) is 17.3 Å². The van der Waals surface area contributed by atoms with E-state index in [1.54, 1.807) is 0 Å². The summed E-state index contributed by atoms with van der Waals surface area (Å²) in [5, 5.41) is 4.45. The van der Waals surface area contributed by atoms with E-state index >= 15 is 0 Å². The second-order valence-corrected chi connectivity index (χ2v) is 5.58. The average molecular weight is 347 g/mol. The lowest BCUT2D eigenvalue weighted by Gasteiger charge is -2.06. The molecule has 0 unspecified atom stereocenters. The number of benzene rings is 1. The van der Waals surface area contributed by atoms with Crippen molar-refractivity contribution in [2.24, 2.45) is 0 Å². The molecule has 0 saturated heterocycles. The molecule has 0 aliphatic carbocycles. The Kier molecular flexibility index (Phi) is 4.16. The Morgan fingerprint density at radius 3 is 2.53 bits per heavy atom. The average Bonchev–Trinajstić information content (AvgIpc) is 2.78. The van der Waals surface area contributed by atoms with Crippen molar-refractivity contribution < 1.29 is 13.6 Å². The number of nitrogens with one attached hydrogen (secondary N) is 1. The van der Waals surface area contributed by atoms with Crippen LogP contribution in [-0.2, 0) is 6.54 Å². The van der Waals surface area contributed by atoms with Crippen LogP contribution in [0.5, 0.6) is 0 Å². The summed E-state index contributed by atoms with van der Waals surface area (Å²) in [6.07, 6.45) is 0. The van der Waals surface area contributed by atoms with Gasteiger partial charge in [0.25, 0.3) is 5.91 Å². The highest BCUT2D eigenvalue weighted by Crippen LogP contribution is 2.22. The Morgan fingerprint density at radius 1 is 1.37 bits per heavy atom. The van der Waals surface area contributed by atoms with Crippen molar-refractivity contribution in [3.05, 3.63) is 50.1 Å². The van der Waals surface area contributed by atoms with Crippen LogP contribution >= 0.6 is 27.3 Å². The molecule has 0 bridgehead atoms. The molecule has 2 aromatic rings. The Balaban J connectivity index is 2.10. The number of nitrogens with two attached hydrogens (primary N) is 1. The fourth-order valence-electron chi connectivity index (χ4n) is 1.43. The first-order chi connectivity index (χ1) is 8.99. The zero-order valence-electron chi connectivity index (χ0n) is 9.54. The van der Waals surface area contributed by atoms with Crippen molar-refractivity contribution in [3.63, 3.8) is 0 Å². The number of carbonyl (C=O) groups is 1. The molecule has 0 saturated carbocycles. The second-order valence-electron chi connectivity index (χ2n) is 3.73. The highest BCUT2D eigenvalue weighted by molar-refractivity contribution is 9.10. The van der Waals surface area contributed by atoms with E-state index < -0.39 is 23.2 Å². The summed E-state index contributed by atoms with van der Waals surface area (Å²) in [4.78, 5) is 12.7. The number of carbonyl (C=O) groups excluding carboxylic acids is 1. The van der Waals surface area contributed by atoms with E-state index in [1.165, 1.54) is 11.3 Å². The molecule has 1 aromatic carbocycles. The van der Waals surface area contributed by atoms with E-state index in [1.807, 2.05) is 11.4 Å². The van der Waals surface area contributed by atoms with Gasteiger partial charge in [0.2, 0.25) is 0 Å². The zero-order valence-corrected chi connectivity index (χ0v) is 11.9. The predicted octanol–water partition coefficient (Wildman–Crippen LogP) is 3.30. The number of halogens is 3. The topological polar surface area (TPSA) is 55.1 Å². The maximum atomic E-state index is 13.2. The summed E-state index contributed by atoms with van der Waals surface area (Å²) in [7, 11) is 0. The number of hydrogen-bond donors (Lipinski definition) is 2. The fraction of sp³-hybridized carbons (Fsp3) is 0.0833. The molecule has 1 amide bonds. The lowest BCUT2D eigenvalue weighted by molar-refractivity contribution is 0.0950. The number of nitrogen functional groups attached to an aromatic ring is 1. The van der Waals surface area contributed by atoms with Crippen molar-refractivity contribution in [2.75, 3.05) is 5.73 Å². The molecule has 2 rings (SSSR count). The SMILES string of the molecule is Nc1c(F)cc(C(=O)NCc2sccc2Br)cc1F. The lowest BCUT2D eigenvalue weighted by Crippen LogP contribution is -2.23. The van der Waals surface area contributed by atoms with Gasteiger partial charge in [-0.3, -0.25) is 4.79 Å². The molecule has 3 N–H and O–H groups in total. The molecule has 1 heterocycles. The van der Waals surface area contributed by atoms with Crippen LogP contribution in [0.2, 0.25) is 0 Å². The van der Waals surface area contributed by atoms with Gasteiger partial charge in [0.05, 0.1) is 6.54 Å². The highest BCUT2D eigenvalue weighted by Gasteiger charge is 2.13. The van der Waals surface area contributed by atoms with Gasteiger partial charge in [-0.2, -0.15) is 0 Å². The molecule has 7 heteroatoms. The molecule has 100 valence electrons.